The van der Waals surface area contributed by atoms with Crippen molar-refractivity contribution in [2.45, 2.75) is 19.8 Å². The van der Waals surface area contributed by atoms with E-state index in [1.54, 1.807) is 19.3 Å². The molecule has 0 amide bonds. The lowest BCUT2D eigenvalue weighted by molar-refractivity contribution is -0.137. The van der Waals surface area contributed by atoms with Crippen molar-refractivity contribution < 1.29 is 13.2 Å². The van der Waals surface area contributed by atoms with Gasteiger partial charge in [0.05, 0.1) is 17.3 Å². The van der Waals surface area contributed by atoms with E-state index in [1.807, 2.05) is 30.3 Å². The zero-order valence-electron chi connectivity index (χ0n) is 16.3. The van der Waals surface area contributed by atoms with Crippen LogP contribution in [0.1, 0.15) is 17.0 Å². The number of hydrogen-bond donors (Lipinski definition) is 1. The zero-order chi connectivity index (χ0) is 22.0. The van der Waals surface area contributed by atoms with Crippen molar-refractivity contribution in [3.05, 3.63) is 82.5 Å². The Hall–Kier alpha value is -3.53. The van der Waals surface area contributed by atoms with Crippen molar-refractivity contribution in [2.75, 3.05) is 5.32 Å². The second kappa shape index (κ2) is 8.31. The Bertz CT molecular complexity index is 1320. The molecule has 0 bridgehead atoms. The number of nitrogens with zero attached hydrogens (tertiary/aromatic N) is 5. The molecule has 4 rings (SSSR count). The molecule has 0 aliphatic carbocycles. The Morgan fingerprint density at radius 3 is 2.68 bits per heavy atom. The number of pyridine rings is 1. The van der Waals surface area contributed by atoms with Crippen molar-refractivity contribution in [1.82, 2.24) is 19.4 Å². The topological polar surface area (TPSA) is 60.0 Å². The van der Waals surface area contributed by atoms with Gasteiger partial charge in [0.15, 0.2) is 5.82 Å². The summed E-state index contributed by atoms with van der Waals surface area (Å²) in [5.41, 5.74) is 0.814. The summed E-state index contributed by atoms with van der Waals surface area (Å²) in [6.07, 6.45) is -1.12. The van der Waals surface area contributed by atoms with Gasteiger partial charge in [-0.3, -0.25) is 4.98 Å². The van der Waals surface area contributed by atoms with Crippen LogP contribution in [0, 0.1) is 11.7 Å². The number of alkyl halides is 3. The quantitative estimate of drug-likeness (QED) is 0.339. The number of fused-ring (bicyclic) bond motifs is 1. The summed E-state index contributed by atoms with van der Waals surface area (Å²) in [4.78, 5) is 4.39. The first-order valence-corrected chi connectivity index (χ1v) is 9.70. The molecule has 0 fully saturated rings. The Kier molecular flexibility index (Phi) is 5.55. The van der Waals surface area contributed by atoms with Gasteiger partial charge in [0.2, 0.25) is 4.77 Å². The van der Waals surface area contributed by atoms with Gasteiger partial charge in [0, 0.05) is 22.8 Å². The van der Waals surface area contributed by atoms with E-state index in [0.717, 1.165) is 22.5 Å². The summed E-state index contributed by atoms with van der Waals surface area (Å²) < 4.78 is 42.6. The lowest BCUT2D eigenvalue weighted by atomic mass is 10.1. The smallest absolute Gasteiger partial charge is 0.366 e. The average molecular weight is 442 g/mol. The van der Waals surface area contributed by atoms with Gasteiger partial charge in [0.1, 0.15) is 6.67 Å². The number of anilines is 1. The van der Waals surface area contributed by atoms with Crippen LogP contribution < -0.4 is 5.32 Å². The molecule has 2 aromatic heterocycles. The number of para-hydroxylation sites is 2. The van der Waals surface area contributed by atoms with E-state index in [1.165, 1.54) is 27.6 Å². The number of aryl methyl sites for hydroxylation is 1. The van der Waals surface area contributed by atoms with Crippen LogP contribution in [0.4, 0.5) is 18.9 Å². The highest BCUT2D eigenvalue weighted by atomic mass is 32.1. The number of halogens is 3. The fourth-order valence-corrected chi connectivity index (χ4v) is 3.42. The van der Waals surface area contributed by atoms with Gasteiger partial charge in [-0.1, -0.05) is 36.4 Å². The maximum atomic E-state index is 13.2. The van der Waals surface area contributed by atoms with E-state index >= 15 is 0 Å². The third kappa shape index (κ3) is 4.33. The molecule has 0 saturated carbocycles. The normalized spacial score (nSPS) is 12.0. The molecule has 158 valence electrons. The molecule has 0 atom stereocenters. The molecule has 6 nitrogen and oxygen atoms in total. The van der Waals surface area contributed by atoms with Crippen LogP contribution in [-0.2, 0) is 12.8 Å². The fraction of sp³-hybridized carbons (Fsp3) is 0.143. The summed E-state index contributed by atoms with van der Waals surface area (Å²) >= 11 is 5.42. The predicted octanol–water partition coefficient (Wildman–Crippen LogP) is 5.24. The number of benzene rings is 2. The molecule has 0 aliphatic rings. The van der Waals surface area contributed by atoms with Crippen molar-refractivity contribution in [3.8, 4) is 0 Å². The second-order valence-electron chi connectivity index (χ2n) is 6.69. The number of nitrogens with one attached hydrogen (secondary N) is 1. The van der Waals surface area contributed by atoms with Gasteiger partial charge < -0.3 is 5.32 Å². The Morgan fingerprint density at radius 1 is 1.10 bits per heavy atom. The highest BCUT2D eigenvalue weighted by Crippen LogP contribution is 2.34. The van der Waals surface area contributed by atoms with Crippen LogP contribution in [0.3, 0.4) is 0 Å². The SMILES string of the molecule is Cc1nn(CNc2ccccc2C(F)(F)F)c(=S)n1/N=C/c1cccc2cccnc12. The van der Waals surface area contributed by atoms with Crippen LogP contribution in [0.5, 0.6) is 0 Å². The average Bonchev–Trinajstić information content (AvgIpc) is 3.03. The van der Waals surface area contributed by atoms with E-state index < -0.39 is 11.7 Å². The molecule has 10 heteroatoms. The molecule has 0 saturated heterocycles. The minimum atomic E-state index is -4.46. The highest BCUT2D eigenvalue weighted by Gasteiger charge is 2.33. The summed E-state index contributed by atoms with van der Waals surface area (Å²) in [5, 5.41) is 12.4. The van der Waals surface area contributed by atoms with Crippen molar-refractivity contribution >= 4 is 35.0 Å². The molecule has 1 N–H and O–H groups in total. The molecular formula is C21H17F3N6S. The Balaban J connectivity index is 1.59. The zero-order valence-corrected chi connectivity index (χ0v) is 17.2. The van der Waals surface area contributed by atoms with Crippen molar-refractivity contribution in [1.29, 1.82) is 0 Å². The van der Waals surface area contributed by atoms with Crippen LogP contribution in [0.25, 0.3) is 10.9 Å². The molecule has 0 unspecified atom stereocenters. The van der Waals surface area contributed by atoms with Gasteiger partial charge >= 0.3 is 6.18 Å². The first-order valence-electron chi connectivity index (χ1n) is 9.29. The standard InChI is InChI=1S/C21H17F3N6S/c1-14-28-29(13-26-18-10-3-2-9-17(18)21(22,23)24)20(31)30(14)27-12-16-7-4-6-15-8-5-11-25-19(15)16/h2-12,26H,13H2,1H3/b27-12+. The third-order valence-corrected chi connectivity index (χ3v) is 4.99. The number of rotatable bonds is 5. The first kappa shape index (κ1) is 20.7. The predicted molar refractivity (Wildman–Crippen MR) is 116 cm³/mol. The van der Waals surface area contributed by atoms with Crippen LogP contribution in [0.2, 0.25) is 0 Å². The van der Waals surface area contributed by atoms with E-state index in [9.17, 15) is 13.2 Å². The first-order chi connectivity index (χ1) is 14.8. The lowest BCUT2D eigenvalue weighted by Crippen LogP contribution is -2.14. The second-order valence-corrected chi connectivity index (χ2v) is 7.05. The molecule has 31 heavy (non-hydrogen) atoms. The summed E-state index contributed by atoms with van der Waals surface area (Å²) in [7, 11) is 0. The number of hydrogen-bond acceptors (Lipinski definition) is 5. The molecular weight excluding hydrogens is 425 g/mol. The van der Waals surface area contributed by atoms with Gasteiger partial charge in [-0.15, -0.1) is 0 Å². The van der Waals surface area contributed by atoms with Gasteiger partial charge in [-0.25, -0.2) is 4.68 Å². The van der Waals surface area contributed by atoms with Crippen molar-refractivity contribution in [2.24, 2.45) is 5.10 Å². The van der Waals surface area contributed by atoms with Gasteiger partial charge in [-0.2, -0.15) is 28.0 Å². The third-order valence-electron chi connectivity index (χ3n) is 4.60. The number of aromatic nitrogens is 4. The minimum absolute atomic E-state index is 0.0366. The maximum Gasteiger partial charge on any atom is 0.418 e. The molecule has 2 heterocycles. The molecule has 0 radical (unpaired) electrons. The van der Waals surface area contributed by atoms with E-state index in [-0.39, 0.29) is 17.1 Å². The minimum Gasteiger partial charge on any atom is -0.366 e. The summed E-state index contributed by atoms with van der Waals surface area (Å²) in [6.45, 7) is 1.68. The van der Waals surface area contributed by atoms with Crippen LogP contribution in [0.15, 0.2) is 65.9 Å². The lowest BCUT2D eigenvalue weighted by Gasteiger charge is -2.14. The van der Waals surface area contributed by atoms with Crippen LogP contribution in [-0.4, -0.2) is 25.7 Å². The van der Waals surface area contributed by atoms with Crippen LogP contribution >= 0.6 is 12.2 Å². The van der Waals surface area contributed by atoms with Gasteiger partial charge in [0.25, 0.3) is 0 Å². The van der Waals surface area contributed by atoms with E-state index in [0.29, 0.717) is 5.82 Å². The molecule has 0 spiro atoms. The monoisotopic (exact) mass is 442 g/mol. The van der Waals surface area contributed by atoms with E-state index in [2.05, 4.69) is 20.5 Å². The van der Waals surface area contributed by atoms with E-state index in [4.69, 9.17) is 12.2 Å². The highest BCUT2D eigenvalue weighted by molar-refractivity contribution is 7.71. The fourth-order valence-electron chi connectivity index (χ4n) is 3.14. The molecule has 0 aliphatic heterocycles. The Morgan fingerprint density at radius 2 is 1.87 bits per heavy atom. The van der Waals surface area contributed by atoms with Crippen molar-refractivity contribution in [3.63, 3.8) is 0 Å². The summed E-state index contributed by atoms with van der Waals surface area (Å²) in [6, 6.07) is 14.8. The Labute approximate surface area is 180 Å². The molecule has 4 aromatic rings. The van der Waals surface area contributed by atoms with Gasteiger partial charge in [-0.05, 0) is 37.3 Å². The molecule has 2 aromatic carbocycles. The maximum absolute atomic E-state index is 13.2. The summed E-state index contributed by atoms with van der Waals surface area (Å²) in [5.74, 6) is 0.500. The largest absolute Gasteiger partial charge is 0.418 e.